The number of benzene rings is 1. The molecule has 1 atom stereocenters. The largest absolute Gasteiger partial charge is 0.398 e. The zero-order chi connectivity index (χ0) is 14.0. The van der Waals surface area contributed by atoms with Crippen LogP contribution in [0.2, 0.25) is 5.02 Å². The van der Waals surface area contributed by atoms with E-state index >= 15 is 0 Å². The molecule has 1 saturated carbocycles. The zero-order valence-corrected chi connectivity index (χ0v) is 12.3. The summed E-state index contributed by atoms with van der Waals surface area (Å²) in [7, 11) is 0. The van der Waals surface area contributed by atoms with Crippen molar-refractivity contribution >= 4 is 23.2 Å². The maximum absolute atomic E-state index is 12.3. The maximum atomic E-state index is 12.3. The highest BCUT2D eigenvalue weighted by Gasteiger charge is 2.33. The Morgan fingerprint density at radius 2 is 2.16 bits per heavy atom. The molecule has 0 heterocycles. The smallest absolute Gasteiger partial charge is 0.253 e. The molecule has 0 bridgehead atoms. The molecule has 2 rings (SSSR count). The number of amides is 1. The second-order valence-electron chi connectivity index (χ2n) is 5.99. The summed E-state index contributed by atoms with van der Waals surface area (Å²) in [5.41, 5.74) is 6.92. The Bertz CT molecular complexity index is 485. The second-order valence-corrected chi connectivity index (χ2v) is 6.43. The minimum atomic E-state index is -0.125. The number of nitrogen functional groups attached to an aromatic ring is 1. The standard InChI is InChI=1S/C15H21ClN2O/c1-15(2)8-4-3-5-13(15)18-14(19)11-9-10(16)6-7-12(11)17/h6-7,9,13H,3-5,8,17H2,1-2H3,(H,18,19). The fourth-order valence-corrected chi connectivity index (χ4v) is 2.89. The summed E-state index contributed by atoms with van der Waals surface area (Å²) in [5.74, 6) is -0.125. The minimum absolute atomic E-state index is 0.125. The van der Waals surface area contributed by atoms with E-state index in [4.69, 9.17) is 17.3 Å². The first kappa shape index (κ1) is 14.2. The minimum Gasteiger partial charge on any atom is -0.398 e. The monoisotopic (exact) mass is 280 g/mol. The fraction of sp³-hybridized carbons (Fsp3) is 0.533. The highest BCUT2D eigenvalue weighted by molar-refractivity contribution is 6.31. The number of nitrogens with two attached hydrogens (primary N) is 1. The molecule has 0 spiro atoms. The number of hydrogen-bond acceptors (Lipinski definition) is 2. The van der Waals surface area contributed by atoms with Gasteiger partial charge in [0.15, 0.2) is 0 Å². The summed E-state index contributed by atoms with van der Waals surface area (Å²) in [4.78, 5) is 12.3. The molecule has 3 nitrogen and oxygen atoms in total. The van der Waals surface area contributed by atoms with Gasteiger partial charge in [0, 0.05) is 16.8 Å². The van der Waals surface area contributed by atoms with Crippen LogP contribution >= 0.6 is 11.6 Å². The summed E-state index contributed by atoms with van der Waals surface area (Å²) in [5, 5.41) is 3.65. The molecular weight excluding hydrogens is 260 g/mol. The van der Waals surface area contributed by atoms with Gasteiger partial charge in [0.05, 0.1) is 5.56 Å². The van der Waals surface area contributed by atoms with Crippen LogP contribution in [0.1, 0.15) is 49.9 Å². The summed E-state index contributed by atoms with van der Waals surface area (Å²) < 4.78 is 0. The van der Waals surface area contributed by atoms with Crippen molar-refractivity contribution in [3.63, 3.8) is 0 Å². The highest BCUT2D eigenvalue weighted by Crippen LogP contribution is 2.35. The van der Waals surface area contributed by atoms with E-state index in [-0.39, 0.29) is 17.4 Å². The van der Waals surface area contributed by atoms with Crippen LogP contribution < -0.4 is 11.1 Å². The molecule has 1 aliphatic carbocycles. The average Bonchev–Trinajstić information content (AvgIpc) is 2.34. The molecule has 1 aromatic rings. The first-order valence-corrected chi connectivity index (χ1v) is 7.14. The van der Waals surface area contributed by atoms with Gasteiger partial charge in [-0.3, -0.25) is 4.79 Å². The third kappa shape index (κ3) is 3.21. The average molecular weight is 281 g/mol. The van der Waals surface area contributed by atoms with Gasteiger partial charge in [-0.25, -0.2) is 0 Å². The molecule has 1 fully saturated rings. The van der Waals surface area contributed by atoms with Crippen LogP contribution in [-0.2, 0) is 0 Å². The van der Waals surface area contributed by atoms with Crippen molar-refractivity contribution < 1.29 is 4.79 Å². The summed E-state index contributed by atoms with van der Waals surface area (Å²) >= 11 is 5.92. The molecule has 1 amide bonds. The van der Waals surface area contributed by atoms with Gasteiger partial charge in [-0.2, -0.15) is 0 Å². The Kier molecular flexibility index (Phi) is 4.04. The van der Waals surface area contributed by atoms with E-state index in [2.05, 4.69) is 19.2 Å². The predicted molar refractivity (Wildman–Crippen MR) is 79.4 cm³/mol. The van der Waals surface area contributed by atoms with Crippen LogP contribution in [0.4, 0.5) is 5.69 Å². The van der Waals surface area contributed by atoms with Crippen LogP contribution in [0.15, 0.2) is 18.2 Å². The summed E-state index contributed by atoms with van der Waals surface area (Å²) in [6.07, 6.45) is 4.57. The van der Waals surface area contributed by atoms with E-state index in [1.54, 1.807) is 18.2 Å². The van der Waals surface area contributed by atoms with Crippen molar-refractivity contribution in [3.05, 3.63) is 28.8 Å². The number of anilines is 1. The molecule has 0 aliphatic heterocycles. The lowest BCUT2D eigenvalue weighted by atomic mass is 9.73. The van der Waals surface area contributed by atoms with Crippen LogP contribution in [0.25, 0.3) is 0 Å². The summed E-state index contributed by atoms with van der Waals surface area (Å²) in [6.45, 7) is 4.41. The van der Waals surface area contributed by atoms with Crippen molar-refractivity contribution in [2.24, 2.45) is 5.41 Å². The van der Waals surface area contributed by atoms with Crippen LogP contribution in [0.5, 0.6) is 0 Å². The van der Waals surface area contributed by atoms with Crippen molar-refractivity contribution in [2.45, 2.75) is 45.6 Å². The molecule has 1 unspecified atom stereocenters. The Morgan fingerprint density at radius 1 is 1.42 bits per heavy atom. The number of carbonyl (C=O) groups is 1. The van der Waals surface area contributed by atoms with Crippen LogP contribution in [0.3, 0.4) is 0 Å². The van der Waals surface area contributed by atoms with E-state index in [0.717, 1.165) is 12.8 Å². The van der Waals surface area contributed by atoms with E-state index in [1.165, 1.54) is 12.8 Å². The van der Waals surface area contributed by atoms with Crippen molar-refractivity contribution in [3.8, 4) is 0 Å². The fourth-order valence-electron chi connectivity index (χ4n) is 2.72. The van der Waals surface area contributed by atoms with Crippen LogP contribution in [0, 0.1) is 5.41 Å². The molecule has 4 heteroatoms. The lowest BCUT2D eigenvalue weighted by molar-refractivity contribution is 0.0854. The lowest BCUT2D eigenvalue weighted by Gasteiger charge is -2.39. The molecule has 19 heavy (non-hydrogen) atoms. The maximum Gasteiger partial charge on any atom is 0.253 e. The third-order valence-electron chi connectivity index (χ3n) is 4.07. The van der Waals surface area contributed by atoms with Gasteiger partial charge in [-0.05, 0) is 36.5 Å². The zero-order valence-electron chi connectivity index (χ0n) is 11.5. The SMILES string of the molecule is CC1(C)CCCCC1NC(=O)c1cc(Cl)ccc1N. The molecule has 1 aromatic carbocycles. The molecule has 104 valence electrons. The van der Waals surface area contributed by atoms with E-state index < -0.39 is 0 Å². The summed E-state index contributed by atoms with van der Waals surface area (Å²) in [6, 6.07) is 5.19. The van der Waals surface area contributed by atoms with Gasteiger partial charge >= 0.3 is 0 Å². The van der Waals surface area contributed by atoms with Gasteiger partial charge in [0.1, 0.15) is 0 Å². The quantitative estimate of drug-likeness (QED) is 0.813. The van der Waals surface area contributed by atoms with Crippen molar-refractivity contribution in [1.29, 1.82) is 0 Å². The molecule has 0 aromatic heterocycles. The normalized spacial score (nSPS) is 21.9. The first-order valence-electron chi connectivity index (χ1n) is 6.76. The number of halogens is 1. The van der Waals surface area contributed by atoms with Gasteiger partial charge in [-0.1, -0.05) is 38.3 Å². The molecule has 1 aliphatic rings. The van der Waals surface area contributed by atoms with Crippen LogP contribution in [-0.4, -0.2) is 11.9 Å². The molecule has 3 N–H and O–H groups in total. The number of rotatable bonds is 2. The van der Waals surface area contributed by atoms with Crippen molar-refractivity contribution in [1.82, 2.24) is 5.32 Å². The van der Waals surface area contributed by atoms with Gasteiger partial charge in [0.2, 0.25) is 0 Å². The lowest BCUT2D eigenvalue weighted by Crippen LogP contribution is -2.46. The Hall–Kier alpha value is -1.22. The first-order chi connectivity index (χ1) is 8.90. The van der Waals surface area contributed by atoms with E-state index in [1.807, 2.05) is 0 Å². The van der Waals surface area contributed by atoms with Gasteiger partial charge in [0.25, 0.3) is 5.91 Å². The second kappa shape index (κ2) is 5.41. The van der Waals surface area contributed by atoms with E-state index in [9.17, 15) is 4.79 Å². The Labute approximate surface area is 119 Å². The predicted octanol–water partition coefficient (Wildman–Crippen LogP) is 3.62. The highest BCUT2D eigenvalue weighted by atomic mass is 35.5. The topological polar surface area (TPSA) is 55.1 Å². The van der Waals surface area contributed by atoms with E-state index in [0.29, 0.717) is 16.3 Å². The molecular formula is C15H21ClN2O. The number of carbonyl (C=O) groups excluding carboxylic acids is 1. The molecule has 0 saturated heterocycles. The van der Waals surface area contributed by atoms with Gasteiger partial charge in [-0.15, -0.1) is 0 Å². The van der Waals surface area contributed by atoms with Gasteiger partial charge < -0.3 is 11.1 Å². The van der Waals surface area contributed by atoms with Crippen molar-refractivity contribution in [2.75, 3.05) is 5.73 Å². The number of hydrogen-bond donors (Lipinski definition) is 2. The third-order valence-corrected chi connectivity index (χ3v) is 4.31. The Morgan fingerprint density at radius 3 is 2.84 bits per heavy atom. The number of nitrogens with one attached hydrogen (secondary N) is 1. The Balaban J connectivity index is 2.14. The molecule has 0 radical (unpaired) electrons.